The highest BCUT2D eigenvalue weighted by Crippen LogP contribution is 2.26. The maximum atomic E-state index is 4.76. The molecular weight excluding hydrogens is 332 g/mol. The first-order chi connectivity index (χ1) is 13.2. The molecule has 134 valence electrons. The number of aromatic nitrogens is 3. The van der Waals surface area contributed by atoms with E-state index in [1.807, 2.05) is 42.7 Å². The molecule has 0 fully saturated rings. The van der Waals surface area contributed by atoms with Gasteiger partial charge in [-0.15, -0.1) is 0 Å². The Hall–Kier alpha value is -3.27. The third-order valence-electron chi connectivity index (χ3n) is 4.51. The van der Waals surface area contributed by atoms with Crippen molar-refractivity contribution in [3.63, 3.8) is 0 Å². The topological polar surface area (TPSA) is 50.7 Å². The highest BCUT2D eigenvalue weighted by atomic mass is 15.0. The third kappa shape index (κ3) is 3.95. The van der Waals surface area contributed by atoms with Gasteiger partial charge in [-0.3, -0.25) is 4.98 Å². The van der Waals surface area contributed by atoms with Crippen molar-refractivity contribution in [2.45, 2.75) is 26.2 Å². The van der Waals surface area contributed by atoms with E-state index in [0.717, 1.165) is 34.7 Å². The van der Waals surface area contributed by atoms with E-state index in [4.69, 9.17) is 4.98 Å². The van der Waals surface area contributed by atoms with Gasteiger partial charge in [0.05, 0.1) is 5.52 Å². The molecule has 27 heavy (non-hydrogen) atoms. The highest BCUT2D eigenvalue weighted by Gasteiger charge is 2.10. The Kier molecular flexibility index (Phi) is 4.79. The average molecular weight is 354 g/mol. The molecule has 4 rings (SSSR count). The van der Waals surface area contributed by atoms with Crippen molar-refractivity contribution in [1.29, 1.82) is 0 Å². The second-order valence-corrected chi connectivity index (χ2v) is 6.96. The molecule has 0 atom stereocenters. The fraction of sp³-hybridized carbons (Fsp3) is 0.174. The summed E-state index contributed by atoms with van der Waals surface area (Å²) in [5.41, 5.74) is 4.51. The number of rotatable bonds is 5. The molecule has 0 radical (unpaired) electrons. The lowest BCUT2D eigenvalue weighted by molar-refractivity contribution is 0.785. The second kappa shape index (κ2) is 7.54. The number of fused-ring (bicyclic) bond motifs is 1. The zero-order valence-corrected chi connectivity index (χ0v) is 15.6. The minimum atomic E-state index is 0.276. The first kappa shape index (κ1) is 17.2. The lowest BCUT2D eigenvalue weighted by Crippen LogP contribution is -2.03. The van der Waals surface area contributed by atoms with Gasteiger partial charge in [0.2, 0.25) is 0 Å². The van der Waals surface area contributed by atoms with E-state index in [1.165, 1.54) is 11.1 Å². The standard InChI is InChI=1S/C23H22N4/c1-16(2)22-26-21-6-4-3-5-20(21)23(27-22)25-19-9-7-17(8-10-19)15-18-11-13-24-14-12-18/h3-14,16H,15H2,1-2H3,(H,25,26,27). The number of hydrogen-bond donors (Lipinski definition) is 1. The van der Waals surface area contributed by atoms with E-state index in [0.29, 0.717) is 0 Å². The van der Waals surface area contributed by atoms with Gasteiger partial charge in [-0.05, 0) is 53.9 Å². The molecule has 2 aromatic carbocycles. The summed E-state index contributed by atoms with van der Waals surface area (Å²) in [5, 5.41) is 4.50. The van der Waals surface area contributed by atoms with Gasteiger partial charge in [-0.2, -0.15) is 0 Å². The van der Waals surface area contributed by atoms with Crippen LogP contribution < -0.4 is 5.32 Å². The van der Waals surface area contributed by atoms with Crippen LogP contribution in [-0.2, 0) is 6.42 Å². The number of anilines is 2. The van der Waals surface area contributed by atoms with Crippen LogP contribution in [0.2, 0.25) is 0 Å². The van der Waals surface area contributed by atoms with Crippen LogP contribution in [0.5, 0.6) is 0 Å². The molecule has 0 amide bonds. The van der Waals surface area contributed by atoms with Gasteiger partial charge in [0.15, 0.2) is 0 Å². The molecule has 0 aliphatic heterocycles. The van der Waals surface area contributed by atoms with Crippen molar-refractivity contribution >= 4 is 22.4 Å². The number of nitrogens with zero attached hydrogens (tertiary/aromatic N) is 3. The van der Waals surface area contributed by atoms with Gasteiger partial charge < -0.3 is 5.32 Å². The Balaban J connectivity index is 1.60. The third-order valence-corrected chi connectivity index (χ3v) is 4.51. The van der Waals surface area contributed by atoms with Crippen molar-refractivity contribution in [2.24, 2.45) is 0 Å². The molecule has 0 bridgehead atoms. The summed E-state index contributed by atoms with van der Waals surface area (Å²) in [6, 6.07) is 20.7. The first-order valence-electron chi connectivity index (χ1n) is 9.20. The smallest absolute Gasteiger partial charge is 0.142 e. The molecule has 4 nitrogen and oxygen atoms in total. The molecule has 0 unspecified atom stereocenters. The van der Waals surface area contributed by atoms with Crippen molar-refractivity contribution < 1.29 is 0 Å². The fourth-order valence-electron chi connectivity index (χ4n) is 3.03. The van der Waals surface area contributed by atoms with Gasteiger partial charge in [-0.25, -0.2) is 9.97 Å². The zero-order chi connectivity index (χ0) is 18.6. The molecule has 4 aromatic rings. The largest absolute Gasteiger partial charge is 0.340 e. The predicted octanol–water partition coefficient (Wildman–Crippen LogP) is 5.48. The van der Waals surface area contributed by atoms with Crippen LogP contribution in [0.25, 0.3) is 10.9 Å². The second-order valence-electron chi connectivity index (χ2n) is 6.96. The first-order valence-corrected chi connectivity index (χ1v) is 9.20. The zero-order valence-electron chi connectivity index (χ0n) is 15.6. The maximum Gasteiger partial charge on any atom is 0.142 e. The van der Waals surface area contributed by atoms with Gasteiger partial charge in [0.1, 0.15) is 11.6 Å². The SMILES string of the molecule is CC(C)c1nc(Nc2ccc(Cc3ccncc3)cc2)c2ccccc2n1. The fourth-order valence-corrected chi connectivity index (χ4v) is 3.03. The molecule has 0 aliphatic carbocycles. The van der Waals surface area contributed by atoms with Gasteiger partial charge in [0.25, 0.3) is 0 Å². The Labute approximate surface area is 159 Å². The summed E-state index contributed by atoms with van der Waals surface area (Å²) < 4.78 is 0. The number of nitrogens with one attached hydrogen (secondary N) is 1. The van der Waals surface area contributed by atoms with Crippen molar-refractivity contribution in [3.05, 3.63) is 90.0 Å². The molecule has 1 N–H and O–H groups in total. The summed E-state index contributed by atoms with van der Waals surface area (Å²) in [4.78, 5) is 13.5. The van der Waals surface area contributed by atoms with Crippen LogP contribution in [0.4, 0.5) is 11.5 Å². The van der Waals surface area contributed by atoms with Crippen LogP contribution in [0, 0.1) is 0 Å². The van der Waals surface area contributed by atoms with Gasteiger partial charge in [0, 0.05) is 29.4 Å². The van der Waals surface area contributed by atoms with E-state index >= 15 is 0 Å². The molecule has 2 heterocycles. The molecule has 0 saturated heterocycles. The Morgan fingerprint density at radius 1 is 0.815 bits per heavy atom. The van der Waals surface area contributed by atoms with Crippen molar-refractivity contribution in [1.82, 2.24) is 15.0 Å². The summed E-state index contributed by atoms with van der Waals surface area (Å²) in [5.74, 6) is 1.98. The van der Waals surface area contributed by atoms with Crippen LogP contribution in [0.1, 0.15) is 36.7 Å². The molecular formula is C23H22N4. The van der Waals surface area contributed by atoms with E-state index in [1.54, 1.807) is 0 Å². The number of para-hydroxylation sites is 1. The monoisotopic (exact) mass is 354 g/mol. The minimum Gasteiger partial charge on any atom is -0.340 e. The maximum absolute atomic E-state index is 4.76. The quantitative estimate of drug-likeness (QED) is 0.515. The summed E-state index contributed by atoms with van der Waals surface area (Å²) in [6.45, 7) is 4.23. The molecule has 2 aromatic heterocycles. The Morgan fingerprint density at radius 2 is 1.52 bits per heavy atom. The van der Waals surface area contributed by atoms with Gasteiger partial charge in [-0.1, -0.05) is 38.1 Å². The molecule has 0 aliphatic rings. The molecule has 4 heteroatoms. The van der Waals surface area contributed by atoms with Crippen molar-refractivity contribution in [3.8, 4) is 0 Å². The van der Waals surface area contributed by atoms with Gasteiger partial charge >= 0.3 is 0 Å². The lowest BCUT2D eigenvalue weighted by Gasteiger charge is -2.13. The summed E-state index contributed by atoms with van der Waals surface area (Å²) in [6.07, 6.45) is 4.56. The molecule has 0 saturated carbocycles. The molecule has 0 spiro atoms. The van der Waals surface area contributed by atoms with Crippen LogP contribution in [0.3, 0.4) is 0 Å². The predicted molar refractivity (Wildman–Crippen MR) is 110 cm³/mol. The number of hydrogen-bond acceptors (Lipinski definition) is 4. The van der Waals surface area contributed by atoms with Crippen molar-refractivity contribution in [2.75, 3.05) is 5.32 Å². The van der Waals surface area contributed by atoms with E-state index in [9.17, 15) is 0 Å². The van der Waals surface area contributed by atoms with Crippen LogP contribution in [0.15, 0.2) is 73.1 Å². The minimum absolute atomic E-state index is 0.276. The normalized spacial score (nSPS) is 11.1. The van der Waals surface area contributed by atoms with E-state index < -0.39 is 0 Å². The summed E-state index contributed by atoms with van der Waals surface area (Å²) >= 11 is 0. The highest BCUT2D eigenvalue weighted by molar-refractivity contribution is 5.90. The Morgan fingerprint density at radius 3 is 2.26 bits per heavy atom. The Bertz CT molecular complexity index is 1040. The van der Waals surface area contributed by atoms with E-state index in [-0.39, 0.29) is 5.92 Å². The number of benzene rings is 2. The summed E-state index contributed by atoms with van der Waals surface area (Å²) in [7, 11) is 0. The van der Waals surface area contributed by atoms with E-state index in [2.05, 4.69) is 59.5 Å². The lowest BCUT2D eigenvalue weighted by atomic mass is 10.1. The average Bonchev–Trinajstić information content (AvgIpc) is 2.70. The van der Waals surface area contributed by atoms with Crippen LogP contribution in [-0.4, -0.2) is 15.0 Å². The van der Waals surface area contributed by atoms with Crippen LogP contribution >= 0.6 is 0 Å². The number of pyridine rings is 1.